The van der Waals surface area contributed by atoms with Crippen LogP contribution >= 0.6 is 0 Å². The van der Waals surface area contributed by atoms with Crippen LogP contribution in [0.1, 0.15) is 29.3 Å². The molecule has 2 atom stereocenters. The molecule has 1 aliphatic rings. The molecule has 4 nitrogen and oxygen atoms in total. The zero-order valence-corrected chi connectivity index (χ0v) is 11.0. The molecule has 1 fully saturated rings. The van der Waals surface area contributed by atoms with Crippen LogP contribution in [-0.4, -0.2) is 16.1 Å². The largest absolute Gasteiger partial charge is 0.338 e. The normalized spacial score (nSPS) is 20.2. The van der Waals surface area contributed by atoms with Crippen molar-refractivity contribution in [3.05, 3.63) is 47.4 Å². The number of hydrogen-bond acceptors (Lipinski definition) is 4. The number of pyridine rings is 2. The van der Waals surface area contributed by atoms with Gasteiger partial charge in [0.25, 0.3) is 0 Å². The fourth-order valence-corrected chi connectivity index (χ4v) is 2.08. The van der Waals surface area contributed by atoms with Gasteiger partial charge in [-0.25, -0.2) is 9.37 Å². The van der Waals surface area contributed by atoms with Gasteiger partial charge < -0.3 is 5.32 Å². The molecule has 3 rings (SSSR count). The summed E-state index contributed by atoms with van der Waals surface area (Å²) in [4.78, 5) is 8.57. The van der Waals surface area contributed by atoms with Gasteiger partial charge in [0.15, 0.2) is 0 Å². The molecular formula is C15H13FN4. The standard InChI is InChI=1S/C15H13FN4/c1-9-13(3-2-6-18-9)19-15-10(8-17)4-5-14(20-15)11-7-12(11)16/h2-6,11-12H,7H2,1H3,(H,19,20). The third-order valence-corrected chi connectivity index (χ3v) is 3.39. The van der Waals surface area contributed by atoms with E-state index in [0.717, 1.165) is 11.4 Å². The molecule has 0 saturated heterocycles. The molecule has 20 heavy (non-hydrogen) atoms. The molecule has 1 saturated carbocycles. The Labute approximate surface area is 116 Å². The summed E-state index contributed by atoms with van der Waals surface area (Å²) < 4.78 is 13.1. The number of anilines is 2. The van der Waals surface area contributed by atoms with Crippen LogP contribution in [0.4, 0.5) is 15.9 Å². The van der Waals surface area contributed by atoms with Crippen molar-refractivity contribution in [1.82, 2.24) is 9.97 Å². The van der Waals surface area contributed by atoms with Crippen molar-refractivity contribution in [3.63, 3.8) is 0 Å². The van der Waals surface area contributed by atoms with E-state index in [2.05, 4.69) is 21.4 Å². The smallest absolute Gasteiger partial charge is 0.148 e. The van der Waals surface area contributed by atoms with Gasteiger partial charge in [-0.2, -0.15) is 5.26 Å². The maximum absolute atomic E-state index is 13.1. The number of alkyl halides is 1. The Hall–Kier alpha value is -2.48. The monoisotopic (exact) mass is 268 g/mol. The van der Waals surface area contributed by atoms with Crippen LogP contribution in [0, 0.1) is 18.3 Å². The van der Waals surface area contributed by atoms with Gasteiger partial charge in [-0.3, -0.25) is 4.98 Å². The summed E-state index contributed by atoms with van der Waals surface area (Å²) in [5, 5.41) is 12.3. The summed E-state index contributed by atoms with van der Waals surface area (Å²) in [6.45, 7) is 1.87. The van der Waals surface area contributed by atoms with Crippen molar-refractivity contribution in [1.29, 1.82) is 5.26 Å². The minimum Gasteiger partial charge on any atom is -0.338 e. The minimum atomic E-state index is -0.802. The van der Waals surface area contributed by atoms with Gasteiger partial charge in [0, 0.05) is 17.8 Å². The molecule has 1 N–H and O–H groups in total. The third kappa shape index (κ3) is 2.32. The van der Waals surface area contributed by atoms with Crippen molar-refractivity contribution in [3.8, 4) is 6.07 Å². The molecule has 0 bridgehead atoms. The Balaban J connectivity index is 1.95. The second-order valence-electron chi connectivity index (χ2n) is 4.86. The van der Waals surface area contributed by atoms with E-state index in [1.807, 2.05) is 19.1 Å². The van der Waals surface area contributed by atoms with Gasteiger partial charge in [0.05, 0.1) is 16.9 Å². The van der Waals surface area contributed by atoms with Crippen molar-refractivity contribution < 1.29 is 4.39 Å². The van der Waals surface area contributed by atoms with E-state index in [1.54, 1.807) is 18.3 Å². The van der Waals surface area contributed by atoms with Crippen LogP contribution in [0.3, 0.4) is 0 Å². The fourth-order valence-electron chi connectivity index (χ4n) is 2.08. The van der Waals surface area contributed by atoms with Gasteiger partial charge in [-0.1, -0.05) is 0 Å². The average Bonchev–Trinajstić information content (AvgIpc) is 3.18. The van der Waals surface area contributed by atoms with Crippen LogP contribution in [0.2, 0.25) is 0 Å². The zero-order chi connectivity index (χ0) is 14.1. The number of rotatable bonds is 3. The van der Waals surface area contributed by atoms with Gasteiger partial charge in [-0.05, 0) is 37.6 Å². The summed E-state index contributed by atoms with van der Waals surface area (Å²) in [5.41, 5.74) is 2.74. The summed E-state index contributed by atoms with van der Waals surface area (Å²) in [5.74, 6) is 0.332. The quantitative estimate of drug-likeness (QED) is 0.928. The van der Waals surface area contributed by atoms with Gasteiger partial charge in [-0.15, -0.1) is 0 Å². The Bertz CT molecular complexity index is 693. The molecule has 1 aliphatic carbocycles. The predicted molar refractivity (Wildman–Crippen MR) is 73.5 cm³/mol. The summed E-state index contributed by atoms with van der Waals surface area (Å²) in [6, 6.07) is 9.18. The minimum absolute atomic E-state index is 0.127. The fraction of sp³-hybridized carbons (Fsp3) is 0.267. The number of nitriles is 1. The molecule has 2 aromatic rings. The van der Waals surface area contributed by atoms with E-state index in [4.69, 9.17) is 5.26 Å². The molecule has 0 spiro atoms. The first-order valence-electron chi connectivity index (χ1n) is 6.43. The highest BCUT2D eigenvalue weighted by atomic mass is 19.1. The van der Waals surface area contributed by atoms with Crippen molar-refractivity contribution in [2.45, 2.75) is 25.4 Å². The van der Waals surface area contributed by atoms with E-state index in [9.17, 15) is 4.39 Å². The van der Waals surface area contributed by atoms with E-state index in [-0.39, 0.29) is 5.92 Å². The summed E-state index contributed by atoms with van der Waals surface area (Å²) in [6.07, 6.45) is 1.42. The molecule has 2 heterocycles. The van der Waals surface area contributed by atoms with Gasteiger partial charge in [0.2, 0.25) is 0 Å². The highest BCUT2D eigenvalue weighted by Crippen LogP contribution is 2.43. The second-order valence-corrected chi connectivity index (χ2v) is 4.86. The summed E-state index contributed by atoms with van der Waals surface area (Å²) >= 11 is 0. The van der Waals surface area contributed by atoms with Crippen molar-refractivity contribution in [2.24, 2.45) is 0 Å². The molecule has 2 unspecified atom stereocenters. The number of aromatic nitrogens is 2. The highest BCUT2D eigenvalue weighted by molar-refractivity contribution is 5.64. The Morgan fingerprint density at radius 1 is 1.40 bits per heavy atom. The van der Waals surface area contributed by atoms with Crippen LogP contribution in [0.5, 0.6) is 0 Å². The highest BCUT2D eigenvalue weighted by Gasteiger charge is 2.40. The molecule has 100 valence electrons. The van der Waals surface area contributed by atoms with Crippen LogP contribution < -0.4 is 5.32 Å². The molecule has 0 amide bonds. The lowest BCUT2D eigenvalue weighted by atomic mass is 10.2. The van der Waals surface area contributed by atoms with E-state index < -0.39 is 6.17 Å². The average molecular weight is 268 g/mol. The van der Waals surface area contributed by atoms with Crippen molar-refractivity contribution in [2.75, 3.05) is 5.32 Å². The van der Waals surface area contributed by atoms with E-state index in [1.165, 1.54) is 0 Å². The topological polar surface area (TPSA) is 61.6 Å². The van der Waals surface area contributed by atoms with Crippen LogP contribution in [0.25, 0.3) is 0 Å². The molecule has 2 aromatic heterocycles. The maximum atomic E-state index is 13.1. The van der Waals surface area contributed by atoms with Crippen LogP contribution in [-0.2, 0) is 0 Å². The first-order valence-corrected chi connectivity index (χ1v) is 6.43. The Morgan fingerprint density at radius 3 is 2.85 bits per heavy atom. The molecule has 5 heteroatoms. The predicted octanol–water partition coefficient (Wildman–Crippen LogP) is 3.23. The Morgan fingerprint density at radius 2 is 2.20 bits per heavy atom. The zero-order valence-electron chi connectivity index (χ0n) is 11.0. The van der Waals surface area contributed by atoms with Gasteiger partial charge in [0.1, 0.15) is 18.1 Å². The molecule has 0 aliphatic heterocycles. The first kappa shape index (κ1) is 12.5. The number of aryl methyl sites for hydroxylation is 1. The van der Waals surface area contributed by atoms with Crippen molar-refractivity contribution >= 4 is 11.5 Å². The second kappa shape index (κ2) is 4.89. The molecule has 0 radical (unpaired) electrons. The summed E-state index contributed by atoms with van der Waals surface area (Å²) in [7, 11) is 0. The molecular weight excluding hydrogens is 255 g/mol. The lowest BCUT2D eigenvalue weighted by Crippen LogP contribution is -2.02. The molecule has 0 aromatic carbocycles. The van der Waals surface area contributed by atoms with Gasteiger partial charge >= 0.3 is 0 Å². The number of nitrogens with one attached hydrogen (secondary N) is 1. The third-order valence-electron chi connectivity index (χ3n) is 3.39. The Kier molecular flexibility index (Phi) is 3.07. The SMILES string of the molecule is Cc1ncccc1Nc1nc(C2CC2F)ccc1C#N. The number of hydrogen-bond donors (Lipinski definition) is 1. The van der Waals surface area contributed by atoms with Crippen LogP contribution in [0.15, 0.2) is 30.5 Å². The number of nitrogens with zero attached hydrogens (tertiary/aromatic N) is 3. The lowest BCUT2D eigenvalue weighted by Gasteiger charge is -2.10. The maximum Gasteiger partial charge on any atom is 0.148 e. The first-order chi connectivity index (χ1) is 9.69. The van der Waals surface area contributed by atoms with E-state index in [0.29, 0.717) is 23.5 Å². The van der Waals surface area contributed by atoms with E-state index >= 15 is 0 Å². The number of halogens is 1. The lowest BCUT2D eigenvalue weighted by molar-refractivity contribution is 0.467.